The van der Waals surface area contributed by atoms with Crippen LogP contribution < -0.4 is 16.0 Å². The molecule has 0 saturated carbocycles. The molecular formula is C30H44Cl2N4O5. The van der Waals surface area contributed by atoms with Gasteiger partial charge in [0.2, 0.25) is 5.91 Å². The van der Waals surface area contributed by atoms with Crippen LogP contribution in [0.5, 0.6) is 0 Å². The summed E-state index contributed by atoms with van der Waals surface area (Å²) in [6.45, 7) is 8.21. The maximum absolute atomic E-state index is 12.9. The van der Waals surface area contributed by atoms with E-state index in [1.165, 1.54) is 0 Å². The van der Waals surface area contributed by atoms with Crippen molar-refractivity contribution in [2.24, 2.45) is 5.41 Å². The van der Waals surface area contributed by atoms with Crippen molar-refractivity contribution in [1.82, 2.24) is 15.5 Å². The number of carbonyl (C=O) groups excluding carboxylic acids is 3. The molecule has 11 heteroatoms. The number of allylic oxidation sites excluding steroid dienone is 2. The van der Waals surface area contributed by atoms with E-state index in [0.717, 1.165) is 19.4 Å². The summed E-state index contributed by atoms with van der Waals surface area (Å²) in [6.07, 6.45) is 9.20. The molecule has 9 nitrogen and oxygen atoms in total. The monoisotopic (exact) mass is 610 g/mol. The molecule has 3 N–H and O–H groups in total. The highest BCUT2D eigenvalue weighted by Gasteiger charge is 2.35. The van der Waals surface area contributed by atoms with Gasteiger partial charge in [-0.1, -0.05) is 60.5 Å². The lowest BCUT2D eigenvalue weighted by Gasteiger charge is -2.36. The summed E-state index contributed by atoms with van der Waals surface area (Å²) in [5.41, 5.74) is -0.690. The Kier molecular flexibility index (Phi) is 13.5. The van der Waals surface area contributed by atoms with Gasteiger partial charge in [-0.25, -0.2) is 4.79 Å². The number of anilines is 1. The number of halogens is 2. The predicted molar refractivity (Wildman–Crippen MR) is 164 cm³/mol. The molecule has 1 aromatic rings. The Bertz CT molecular complexity index is 1080. The van der Waals surface area contributed by atoms with Crippen LogP contribution in [0.15, 0.2) is 42.5 Å². The number of alkyl carbamates (subject to hydrolysis) is 1. The quantitative estimate of drug-likeness (QED) is 0.186. The number of ether oxygens (including phenoxy) is 2. The third-order valence-corrected chi connectivity index (χ3v) is 7.04. The molecule has 1 aliphatic carbocycles. The van der Waals surface area contributed by atoms with E-state index in [9.17, 15) is 14.4 Å². The maximum Gasteiger partial charge on any atom is 0.408 e. The summed E-state index contributed by atoms with van der Waals surface area (Å²) in [7, 11) is 3.97. The second kappa shape index (κ2) is 16.0. The van der Waals surface area contributed by atoms with Crippen molar-refractivity contribution in [3.63, 3.8) is 0 Å². The van der Waals surface area contributed by atoms with E-state index in [1.807, 2.05) is 45.3 Å². The normalized spacial score (nSPS) is 19.0. The van der Waals surface area contributed by atoms with Gasteiger partial charge in [-0.05, 0) is 72.8 Å². The fourth-order valence-corrected chi connectivity index (χ4v) is 4.77. The zero-order chi connectivity index (χ0) is 30.6. The fraction of sp³-hybridized carbons (Fsp3) is 0.567. The Hall–Kier alpha value is -2.75. The van der Waals surface area contributed by atoms with Gasteiger partial charge in [-0.2, -0.15) is 0 Å². The summed E-state index contributed by atoms with van der Waals surface area (Å²) >= 11 is 12.7. The van der Waals surface area contributed by atoms with Crippen molar-refractivity contribution in [3.05, 3.63) is 52.5 Å². The highest BCUT2D eigenvalue weighted by molar-refractivity contribution is 6.39. The second-order valence-corrected chi connectivity index (χ2v) is 12.5. The molecule has 2 amide bonds. The first-order valence-electron chi connectivity index (χ1n) is 13.8. The number of amides is 2. The molecule has 0 aliphatic heterocycles. The van der Waals surface area contributed by atoms with Gasteiger partial charge in [-0.15, -0.1) is 0 Å². The summed E-state index contributed by atoms with van der Waals surface area (Å²) in [5, 5.41) is 9.75. The molecule has 0 radical (unpaired) electrons. The summed E-state index contributed by atoms with van der Waals surface area (Å²) in [6, 6.07) is 4.24. The summed E-state index contributed by atoms with van der Waals surface area (Å²) in [4.78, 5) is 40.0. The lowest BCUT2D eigenvalue weighted by atomic mass is 9.76. The number of rotatable bonds is 14. The molecule has 41 heavy (non-hydrogen) atoms. The number of para-hydroxylation sites is 1. The lowest BCUT2D eigenvalue weighted by molar-refractivity contribution is -0.146. The first kappa shape index (κ1) is 34.5. The summed E-state index contributed by atoms with van der Waals surface area (Å²) < 4.78 is 10.8. The average molecular weight is 612 g/mol. The Balaban J connectivity index is 1.89. The minimum Gasteiger partial charge on any atom is -0.464 e. The molecule has 1 aromatic carbocycles. The minimum atomic E-state index is -0.760. The highest BCUT2D eigenvalue weighted by atomic mass is 35.5. The molecule has 0 aromatic heterocycles. The molecule has 0 bridgehead atoms. The van der Waals surface area contributed by atoms with Crippen molar-refractivity contribution in [2.45, 2.75) is 71.1 Å². The van der Waals surface area contributed by atoms with E-state index >= 15 is 0 Å². The van der Waals surface area contributed by atoms with Crippen LogP contribution in [0, 0.1) is 5.41 Å². The smallest absolute Gasteiger partial charge is 0.408 e. The van der Waals surface area contributed by atoms with E-state index in [4.69, 9.17) is 32.7 Å². The lowest BCUT2D eigenvalue weighted by Crippen LogP contribution is -2.48. The van der Waals surface area contributed by atoms with Crippen LogP contribution >= 0.6 is 23.2 Å². The van der Waals surface area contributed by atoms with E-state index in [2.05, 4.69) is 20.9 Å². The van der Waals surface area contributed by atoms with Crippen LogP contribution in [0.4, 0.5) is 10.5 Å². The molecule has 1 aliphatic rings. The Morgan fingerprint density at radius 1 is 1.10 bits per heavy atom. The average Bonchev–Trinajstić information content (AvgIpc) is 2.85. The molecule has 0 heterocycles. The van der Waals surface area contributed by atoms with Gasteiger partial charge in [0.15, 0.2) is 0 Å². The minimum absolute atomic E-state index is 0.00553. The van der Waals surface area contributed by atoms with Crippen LogP contribution in [0.25, 0.3) is 0 Å². The van der Waals surface area contributed by atoms with Crippen LogP contribution in [0.3, 0.4) is 0 Å². The predicted octanol–water partition coefficient (Wildman–Crippen LogP) is 5.58. The Labute approximate surface area is 254 Å². The topological polar surface area (TPSA) is 109 Å². The van der Waals surface area contributed by atoms with Gasteiger partial charge in [0.1, 0.15) is 18.2 Å². The third kappa shape index (κ3) is 12.3. The number of nitrogens with zero attached hydrogens (tertiary/aromatic N) is 1. The number of hydrogen-bond acceptors (Lipinski definition) is 7. The van der Waals surface area contributed by atoms with E-state index in [1.54, 1.807) is 39.0 Å². The number of hydrogen-bond donors (Lipinski definition) is 3. The molecule has 228 valence electrons. The Morgan fingerprint density at radius 2 is 1.78 bits per heavy atom. The van der Waals surface area contributed by atoms with Gasteiger partial charge >= 0.3 is 12.1 Å². The summed E-state index contributed by atoms with van der Waals surface area (Å²) in [5.74, 6) is -0.768. The number of benzene rings is 1. The third-order valence-electron chi connectivity index (χ3n) is 6.41. The van der Waals surface area contributed by atoms with Crippen molar-refractivity contribution in [3.8, 4) is 0 Å². The van der Waals surface area contributed by atoms with Gasteiger partial charge in [0.25, 0.3) is 0 Å². The highest BCUT2D eigenvalue weighted by Crippen LogP contribution is 2.38. The molecule has 2 rings (SSSR count). The van der Waals surface area contributed by atoms with Gasteiger partial charge in [0.05, 0.1) is 34.7 Å². The molecular weight excluding hydrogens is 567 g/mol. The van der Waals surface area contributed by atoms with Crippen LogP contribution in [0.1, 0.15) is 53.4 Å². The number of unbranched alkanes of at least 4 members (excludes halogenated alkanes) is 1. The standard InChI is InChI=1S/C30H44Cl2N4O5/c1-29(2,3)41-28(39)34-23(14-8-10-18-36(5)6)27(38)33-17-19-40-25(37)20-30(4)16-9-7-15-24(30)35-26-21(31)12-11-13-22(26)32/h7,9,11-13,15-16,23-24,35H,8,10,14,17-20H2,1-6H3,(H,33,38)(H,34,39)/t23-,24?,30?/m0/s1. The molecule has 0 saturated heterocycles. The van der Waals surface area contributed by atoms with E-state index < -0.39 is 29.1 Å². The van der Waals surface area contributed by atoms with Crippen LogP contribution in [-0.2, 0) is 19.1 Å². The van der Waals surface area contributed by atoms with Crippen LogP contribution in [-0.4, -0.2) is 74.3 Å². The molecule has 2 unspecified atom stereocenters. The van der Waals surface area contributed by atoms with E-state index in [-0.39, 0.29) is 31.5 Å². The zero-order valence-electron chi connectivity index (χ0n) is 24.9. The number of carbonyl (C=O) groups is 3. The zero-order valence-corrected chi connectivity index (χ0v) is 26.4. The number of nitrogens with one attached hydrogen (secondary N) is 3. The SMILES string of the molecule is CN(C)CCCC[C@H](NC(=O)OC(C)(C)C)C(=O)NCCOC(=O)CC1(C)C=CC=CC1Nc1c(Cl)cccc1Cl. The fourth-order valence-electron chi connectivity index (χ4n) is 4.27. The molecule has 0 spiro atoms. The second-order valence-electron chi connectivity index (χ2n) is 11.7. The van der Waals surface area contributed by atoms with Crippen LogP contribution in [0.2, 0.25) is 10.0 Å². The van der Waals surface area contributed by atoms with Crippen molar-refractivity contribution >= 4 is 46.9 Å². The maximum atomic E-state index is 12.9. The Morgan fingerprint density at radius 3 is 2.41 bits per heavy atom. The van der Waals surface area contributed by atoms with Gasteiger partial charge in [0, 0.05) is 5.41 Å². The number of esters is 1. The molecule has 3 atom stereocenters. The first-order valence-corrected chi connectivity index (χ1v) is 14.6. The largest absolute Gasteiger partial charge is 0.464 e. The van der Waals surface area contributed by atoms with Crippen molar-refractivity contribution < 1.29 is 23.9 Å². The van der Waals surface area contributed by atoms with Crippen molar-refractivity contribution in [2.75, 3.05) is 39.1 Å². The van der Waals surface area contributed by atoms with E-state index in [0.29, 0.717) is 22.2 Å². The van der Waals surface area contributed by atoms with Crippen molar-refractivity contribution in [1.29, 1.82) is 0 Å². The van der Waals surface area contributed by atoms with Gasteiger partial charge in [-0.3, -0.25) is 9.59 Å². The molecule has 0 fully saturated rings. The van der Waals surface area contributed by atoms with Gasteiger partial charge < -0.3 is 30.3 Å². The first-order chi connectivity index (χ1) is 19.2.